The van der Waals surface area contributed by atoms with Crippen molar-refractivity contribution >= 4 is 5.91 Å². The number of para-hydroxylation sites is 1. The zero-order chi connectivity index (χ0) is 15.2. The van der Waals surface area contributed by atoms with Gasteiger partial charge in [0.15, 0.2) is 11.5 Å². The molecule has 0 aliphatic carbocycles. The van der Waals surface area contributed by atoms with Gasteiger partial charge in [0.25, 0.3) is 5.91 Å². The molecule has 2 aromatic carbocycles. The lowest BCUT2D eigenvalue weighted by Crippen LogP contribution is -2.25. The van der Waals surface area contributed by atoms with Gasteiger partial charge in [0.1, 0.15) is 19.0 Å². The second kappa shape index (κ2) is 6.82. The maximum atomic E-state index is 11.9. The molecule has 0 aromatic heterocycles. The lowest BCUT2D eigenvalue weighted by Gasteiger charge is -2.08. The maximum Gasteiger partial charge on any atom is 0.274 e. The van der Waals surface area contributed by atoms with Gasteiger partial charge in [0.05, 0.1) is 0 Å². The smallest absolute Gasteiger partial charge is 0.274 e. The molecule has 6 heteroatoms. The molecule has 1 aliphatic heterocycles. The highest BCUT2D eigenvalue weighted by atomic mass is 16.7. The Bertz CT molecular complexity index is 644. The SMILES string of the molecule is O=C(NOCCOc1ccccc1)c1ccc2c(c1)OCO2. The molecule has 0 saturated heterocycles. The molecule has 1 amide bonds. The zero-order valence-electron chi connectivity index (χ0n) is 11.8. The van der Waals surface area contributed by atoms with E-state index in [-0.39, 0.29) is 19.3 Å². The van der Waals surface area contributed by atoms with E-state index in [0.717, 1.165) is 5.75 Å². The zero-order valence-corrected chi connectivity index (χ0v) is 11.8. The fraction of sp³-hybridized carbons (Fsp3) is 0.188. The van der Waals surface area contributed by atoms with Crippen molar-refractivity contribution in [3.63, 3.8) is 0 Å². The van der Waals surface area contributed by atoms with Crippen LogP contribution in [0.15, 0.2) is 48.5 Å². The van der Waals surface area contributed by atoms with E-state index in [1.807, 2.05) is 30.3 Å². The van der Waals surface area contributed by atoms with Gasteiger partial charge in [-0.15, -0.1) is 0 Å². The Morgan fingerprint density at radius 3 is 2.73 bits per heavy atom. The summed E-state index contributed by atoms with van der Waals surface area (Å²) in [5, 5.41) is 0. The van der Waals surface area contributed by atoms with Gasteiger partial charge in [-0.25, -0.2) is 5.48 Å². The Hall–Kier alpha value is -2.73. The predicted octanol–water partition coefficient (Wildman–Crippen LogP) is 2.16. The summed E-state index contributed by atoms with van der Waals surface area (Å²) in [6, 6.07) is 14.3. The minimum absolute atomic E-state index is 0.174. The second-order valence-electron chi connectivity index (χ2n) is 4.51. The summed E-state index contributed by atoms with van der Waals surface area (Å²) in [4.78, 5) is 17.0. The van der Waals surface area contributed by atoms with Crippen LogP contribution < -0.4 is 19.7 Å². The Morgan fingerprint density at radius 1 is 1.05 bits per heavy atom. The number of benzene rings is 2. The van der Waals surface area contributed by atoms with E-state index in [2.05, 4.69) is 5.48 Å². The van der Waals surface area contributed by atoms with E-state index >= 15 is 0 Å². The number of hydroxylamine groups is 1. The van der Waals surface area contributed by atoms with Crippen molar-refractivity contribution < 1.29 is 23.8 Å². The van der Waals surface area contributed by atoms with Gasteiger partial charge in [0.2, 0.25) is 6.79 Å². The first kappa shape index (κ1) is 14.2. The third kappa shape index (κ3) is 3.48. The van der Waals surface area contributed by atoms with Crippen molar-refractivity contribution in [1.29, 1.82) is 0 Å². The topological polar surface area (TPSA) is 66.0 Å². The lowest BCUT2D eigenvalue weighted by atomic mass is 10.2. The molecule has 0 radical (unpaired) electrons. The first-order chi connectivity index (χ1) is 10.8. The molecule has 22 heavy (non-hydrogen) atoms. The van der Waals surface area contributed by atoms with Crippen LogP contribution in [0.3, 0.4) is 0 Å². The second-order valence-corrected chi connectivity index (χ2v) is 4.51. The quantitative estimate of drug-likeness (QED) is 0.654. The van der Waals surface area contributed by atoms with Crippen molar-refractivity contribution in [3.05, 3.63) is 54.1 Å². The number of fused-ring (bicyclic) bond motifs is 1. The van der Waals surface area contributed by atoms with Crippen molar-refractivity contribution in [1.82, 2.24) is 5.48 Å². The fourth-order valence-corrected chi connectivity index (χ4v) is 1.93. The van der Waals surface area contributed by atoms with Gasteiger partial charge in [-0.1, -0.05) is 18.2 Å². The summed E-state index contributed by atoms with van der Waals surface area (Å²) in [5.41, 5.74) is 2.80. The molecule has 0 unspecified atom stereocenters. The molecular formula is C16H15NO5. The highest BCUT2D eigenvalue weighted by molar-refractivity contribution is 5.94. The van der Waals surface area contributed by atoms with Crippen LogP contribution in [0.4, 0.5) is 0 Å². The van der Waals surface area contributed by atoms with Crippen LogP contribution in [-0.2, 0) is 4.84 Å². The third-order valence-electron chi connectivity index (χ3n) is 3.00. The van der Waals surface area contributed by atoms with Gasteiger partial charge in [-0.3, -0.25) is 9.63 Å². The van der Waals surface area contributed by atoms with Crippen molar-refractivity contribution in [2.75, 3.05) is 20.0 Å². The van der Waals surface area contributed by atoms with Crippen molar-refractivity contribution in [3.8, 4) is 17.2 Å². The lowest BCUT2D eigenvalue weighted by molar-refractivity contribution is 0.0200. The predicted molar refractivity (Wildman–Crippen MR) is 77.9 cm³/mol. The molecule has 0 spiro atoms. The molecule has 0 atom stereocenters. The number of carbonyl (C=O) groups excluding carboxylic acids is 1. The molecule has 1 aliphatic rings. The summed E-state index contributed by atoms with van der Waals surface area (Å²) < 4.78 is 15.8. The molecule has 1 heterocycles. The molecule has 3 rings (SSSR count). The van der Waals surface area contributed by atoms with Crippen LogP contribution in [-0.4, -0.2) is 25.9 Å². The van der Waals surface area contributed by atoms with E-state index in [1.165, 1.54) is 0 Å². The summed E-state index contributed by atoms with van der Waals surface area (Å²) >= 11 is 0. The van der Waals surface area contributed by atoms with Gasteiger partial charge in [-0.2, -0.15) is 0 Å². The molecule has 6 nitrogen and oxygen atoms in total. The fourth-order valence-electron chi connectivity index (χ4n) is 1.93. The summed E-state index contributed by atoms with van der Waals surface area (Å²) in [6.07, 6.45) is 0. The van der Waals surface area contributed by atoms with Crippen molar-refractivity contribution in [2.45, 2.75) is 0 Å². The molecular weight excluding hydrogens is 286 g/mol. The number of rotatable bonds is 6. The van der Waals surface area contributed by atoms with Crippen LogP contribution in [0.1, 0.15) is 10.4 Å². The molecule has 1 N–H and O–H groups in total. The minimum atomic E-state index is -0.349. The Morgan fingerprint density at radius 2 is 1.86 bits per heavy atom. The highest BCUT2D eigenvalue weighted by Crippen LogP contribution is 2.32. The van der Waals surface area contributed by atoms with Gasteiger partial charge >= 0.3 is 0 Å². The number of ether oxygens (including phenoxy) is 3. The van der Waals surface area contributed by atoms with Crippen molar-refractivity contribution in [2.24, 2.45) is 0 Å². The maximum absolute atomic E-state index is 11.9. The standard InChI is InChI=1S/C16H15NO5/c18-16(12-6-7-14-15(10-12)21-11-20-14)17-22-9-8-19-13-4-2-1-3-5-13/h1-7,10H,8-9,11H2,(H,17,18). The number of amides is 1. The first-order valence-corrected chi connectivity index (χ1v) is 6.82. The summed E-state index contributed by atoms with van der Waals surface area (Å²) in [6.45, 7) is 0.754. The number of carbonyl (C=O) groups is 1. The van der Waals surface area contributed by atoms with E-state index in [4.69, 9.17) is 19.0 Å². The van der Waals surface area contributed by atoms with E-state index in [1.54, 1.807) is 18.2 Å². The molecule has 0 saturated carbocycles. The average Bonchev–Trinajstić information content (AvgIpc) is 3.03. The Kier molecular flexibility index (Phi) is 4.41. The Labute approximate surface area is 127 Å². The van der Waals surface area contributed by atoms with Crippen LogP contribution in [0.2, 0.25) is 0 Å². The largest absolute Gasteiger partial charge is 0.491 e. The van der Waals surface area contributed by atoms with E-state index in [9.17, 15) is 4.79 Å². The third-order valence-corrected chi connectivity index (χ3v) is 3.00. The normalized spacial score (nSPS) is 12.0. The van der Waals surface area contributed by atoms with E-state index in [0.29, 0.717) is 23.7 Å². The number of hydrogen-bond donors (Lipinski definition) is 1. The monoisotopic (exact) mass is 301 g/mol. The molecule has 114 valence electrons. The average molecular weight is 301 g/mol. The number of nitrogens with one attached hydrogen (secondary N) is 1. The van der Waals surface area contributed by atoms with Crippen LogP contribution >= 0.6 is 0 Å². The van der Waals surface area contributed by atoms with E-state index < -0.39 is 0 Å². The highest BCUT2D eigenvalue weighted by Gasteiger charge is 2.16. The van der Waals surface area contributed by atoms with Gasteiger partial charge in [-0.05, 0) is 30.3 Å². The molecule has 0 fully saturated rings. The summed E-state index contributed by atoms with van der Waals surface area (Å²) in [7, 11) is 0. The van der Waals surface area contributed by atoms with Crippen LogP contribution in [0, 0.1) is 0 Å². The summed E-state index contributed by atoms with van der Waals surface area (Å²) in [5.74, 6) is 1.60. The van der Waals surface area contributed by atoms with Crippen LogP contribution in [0.5, 0.6) is 17.2 Å². The van der Waals surface area contributed by atoms with Gasteiger partial charge < -0.3 is 14.2 Å². The number of hydrogen-bond acceptors (Lipinski definition) is 5. The molecule has 2 aromatic rings. The van der Waals surface area contributed by atoms with Crippen LogP contribution in [0.25, 0.3) is 0 Å². The first-order valence-electron chi connectivity index (χ1n) is 6.82. The molecule has 0 bridgehead atoms. The minimum Gasteiger partial charge on any atom is -0.491 e. The van der Waals surface area contributed by atoms with Gasteiger partial charge in [0, 0.05) is 5.56 Å². The Balaban J connectivity index is 1.41.